The first kappa shape index (κ1) is 12.1. The van der Waals surface area contributed by atoms with Gasteiger partial charge in [0.25, 0.3) is 0 Å². The minimum absolute atomic E-state index is 0.188. The van der Waals surface area contributed by atoms with Crippen LogP contribution in [0.4, 0.5) is 0 Å². The first-order chi connectivity index (χ1) is 8.62. The monoisotopic (exact) mass is 248 g/mol. The molecule has 1 saturated heterocycles. The van der Waals surface area contributed by atoms with Crippen molar-refractivity contribution in [1.82, 2.24) is 9.97 Å². The molecule has 1 atom stereocenters. The van der Waals surface area contributed by atoms with Crippen LogP contribution in [-0.2, 0) is 15.9 Å². The lowest BCUT2D eigenvalue weighted by Crippen LogP contribution is -2.43. The minimum Gasteiger partial charge on any atom is -0.349 e. The minimum atomic E-state index is -0.481. The average Bonchev–Trinajstić information content (AvgIpc) is 2.63. The zero-order valence-electron chi connectivity index (χ0n) is 11.3. The molecule has 0 amide bonds. The van der Waals surface area contributed by atoms with E-state index in [-0.39, 0.29) is 5.92 Å². The van der Waals surface area contributed by atoms with E-state index in [4.69, 9.17) is 14.5 Å². The van der Waals surface area contributed by atoms with Gasteiger partial charge in [-0.2, -0.15) is 0 Å². The van der Waals surface area contributed by atoms with Gasteiger partial charge in [-0.25, -0.2) is 9.97 Å². The van der Waals surface area contributed by atoms with Gasteiger partial charge in [0, 0.05) is 18.5 Å². The summed E-state index contributed by atoms with van der Waals surface area (Å²) in [5.41, 5.74) is 2.28. The fourth-order valence-corrected chi connectivity index (χ4v) is 2.79. The Morgan fingerprint density at radius 1 is 1.33 bits per heavy atom. The van der Waals surface area contributed by atoms with Crippen LogP contribution in [0.2, 0.25) is 0 Å². The van der Waals surface area contributed by atoms with Crippen molar-refractivity contribution in [3.05, 3.63) is 23.3 Å². The molecule has 0 saturated carbocycles. The van der Waals surface area contributed by atoms with Crippen molar-refractivity contribution in [2.45, 2.75) is 51.2 Å². The Bertz CT molecular complexity index is 453. The zero-order chi connectivity index (χ0) is 12.8. The summed E-state index contributed by atoms with van der Waals surface area (Å²) in [6.45, 7) is 7.94. The number of hydrogen-bond acceptors (Lipinski definition) is 4. The summed E-state index contributed by atoms with van der Waals surface area (Å²) < 4.78 is 11.9. The molecule has 1 spiro atoms. The van der Waals surface area contributed by atoms with Gasteiger partial charge >= 0.3 is 0 Å². The van der Waals surface area contributed by atoms with Crippen molar-refractivity contribution < 1.29 is 9.47 Å². The Morgan fingerprint density at radius 3 is 2.72 bits per heavy atom. The summed E-state index contributed by atoms with van der Waals surface area (Å²) in [4.78, 5) is 9.15. The van der Waals surface area contributed by atoms with E-state index < -0.39 is 5.79 Å². The van der Waals surface area contributed by atoms with E-state index in [1.807, 2.05) is 6.20 Å². The van der Waals surface area contributed by atoms with Crippen molar-refractivity contribution in [2.24, 2.45) is 0 Å². The molecule has 0 bridgehead atoms. The summed E-state index contributed by atoms with van der Waals surface area (Å²) in [6.07, 6.45) is 3.71. The number of ether oxygens (including phenoxy) is 2. The van der Waals surface area contributed by atoms with E-state index in [9.17, 15) is 0 Å². The Hall–Kier alpha value is -1.00. The molecule has 1 unspecified atom stereocenters. The predicted octanol–water partition coefficient (Wildman–Crippen LogP) is 2.39. The third kappa shape index (κ3) is 1.75. The van der Waals surface area contributed by atoms with Crippen LogP contribution in [0.5, 0.6) is 0 Å². The van der Waals surface area contributed by atoms with Gasteiger partial charge in [-0.1, -0.05) is 20.8 Å². The van der Waals surface area contributed by atoms with Crippen LogP contribution < -0.4 is 0 Å². The zero-order valence-corrected chi connectivity index (χ0v) is 11.3. The first-order valence-electron chi connectivity index (χ1n) is 6.76. The quantitative estimate of drug-likeness (QED) is 0.765. The average molecular weight is 248 g/mol. The van der Waals surface area contributed by atoms with Gasteiger partial charge in [0.1, 0.15) is 5.82 Å². The number of aromatic nitrogens is 2. The maximum Gasteiger partial charge on any atom is 0.180 e. The van der Waals surface area contributed by atoms with Gasteiger partial charge in [0.15, 0.2) is 5.79 Å². The lowest BCUT2D eigenvalue weighted by Gasteiger charge is -2.37. The lowest BCUT2D eigenvalue weighted by atomic mass is 10.0. The third-order valence-electron chi connectivity index (χ3n) is 3.92. The maximum atomic E-state index is 5.93. The Morgan fingerprint density at radius 2 is 2.06 bits per heavy atom. The molecule has 18 heavy (non-hydrogen) atoms. The van der Waals surface area contributed by atoms with Crippen LogP contribution in [0, 0.1) is 0 Å². The molecule has 1 aromatic heterocycles. The van der Waals surface area contributed by atoms with Gasteiger partial charge in [-0.05, 0) is 12.0 Å². The van der Waals surface area contributed by atoms with Crippen molar-refractivity contribution in [3.63, 3.8) is 0 Å². The van der Waals surface area contributed by atoms with Gasteiger partial charge in [-0.15, -0.1) is 0 Å². The van der Waals surface area contributed by atoms with E-state index in [1.165, 1.54) is 5.56 Å². The highest BCUT2D eigenvalue weighted by atomic mass is 16.7. The molecule has 3 rings (SSSR count). The molecule has 1 aliphatic carbocycles. The van der Waals surface area contributed by atoms with Crippen molar-refractivity contribution in [1.29, 1.82) is 0 Å². The first-order valence-corrected chi connectivity index (χ1v) is 6.76. The van der Waals surface area contributed by atoms with Crippen molar-refractivity contribution in [2.75, 3.05) is 13.2 Å². The molecule has 0 aromatic carbocycles. The number of nitrogens with zero attached hydrogens (tertiary/aromatic N) is 2. The number of hydrogen-bond donors (Lipinski definition) is 0. The van der Waals surface area contributed by atoms with Crippen LogP contribution in [0.1, 0.15) is 56.1 Å². The van der Waals surface area contributed by atoms with Crippen LogP contribution in [0.25, 0.3) is 0 Å². The number of rotatable bonds is 1. The second kappa shape index (κ2) is 4.28. The third-order valence-corrected chi connectivity index (χ3v) is 3.92. The largest absolute Gasteiger partial charge is 0.349 e. The SMILES string of the molecule is CC(C)c1ncc2c(n1)C(C)C1(C2)OCCCO1. The molecule has 0 N–H and O–H groups in total. The highest BCUT2D eigenvalue weighted by molar-refractivity contribution is 5.32. The van der Waals surface area contributed by atoms with Crippen molar-refractivity contribution >= 4 is 0 Å². The van der Waals surface area contributed by atoms with Crippen LogP contribution in [-0.4, -0.2) is 29.0 Å². The molecule has 4 heteroatoms. The smallest absolute Gasteiger partial charge is 0.180 e. The summed E-state index contributed by atoms with van der Waals surface area (Å²) in [5.74, 6) is 0.971. The second-order valence-corrected chi connectivity index (χ2v) is 5.55. The van der Waals surface area contributed by atoms with Gasteiger partial charge in [0.2, 0.25) is 0 Å². The van der Waals surface area contributed by atoms with E-state index in [2.05, 4.69) is 25.8 Å². The Kier molecular flexibility index (Phi) is 2.87. The highest BCUT2D eigenvalue weighted by Gasteiger charge is 2.48. The standard InChI is InChI=1S/C14H20N2O2/c1-9(2)13-15-8-11-7-14(10(3)12(11)16-13)17-5-4-6-18-14/h8-10H,4-7H2,1-3H3. The topological polar surface area (TPSA) is 44.2 Å². The molecule has 2 heterocycles. The number of fused-ring (bicyclic) bond motifs is 1. The van der Waals surface area contributed by atoms with Gasteiger partial charge < -0.3 is 9.47 Å². The molecular weight excluding hydrogens is 228 g/mol. The van der Waals surface area contributed by atoms with Gasteiger partial charge in [0.05, 0.1) is 24.8 Å². The predicted molar refractivity (Wildman–Crippen MR) is 67.5 cm³/mol. The van der Waals surface area contributed by atoms with Crippen LogP contribution in [0.3, 0.4) is 0 Å². The molecule has 1 fully saturated rings. The van der Waals surface area contributed by atoms with E-state index in [1.54, 1.807) is 0 Å². The summed E-state index contributed by atoms with van der Waals surface area (Å²) >= 11 is 0. The Labute approximate surface area is 108 Å². The highest BCUT2D eigenvalue weighted by Crippen LogP contribution is 2.44. The summed E-state index contributed by atoms with van der Waals surface area (Å²) in [7, 11) is 0. The lowest BCUT2D eigenvalue weighted by molar-refractivity contribution is -0.271. The normalized spacial score (nSPS) is 25.7. The van der Waals surface area contributed by atoms with E-state index in [0.29, 0.717) is 5.92 Å². The molecule has 4 nitrogen and oxygen atoms in total. The molecule has 1 aromatic rings. The van der Waals surface area contributed by atoms with Crippen molar-refractivity contribution in [3.8, 4) is 0 Å². The van der Waals surface area contributed by atoms with Crippen LogP contribution in [0.15, 0.2) is 6.20 Å². The van der Waals surface area contributed by atoms with Gasteiger partial charge in [-0.3, -0.25) is 0 Å². The van der Waals surface area contributed by atoms with E-state index in [0.717, 1.165) is 37.6 Å². The fourth-order valence-electron chi connectivity index (χ4n) is 2.79. The fraction of sp³-hybridized carbons (Fsp3) is 0.714. The Balaban J connectivity index is 1.96. The maximum absolute atomic E-state index is 5.93. The molecule has 2 aliphatic rings. The summed E-state index contributed by atoms with van der Waals surface area (Å²) in [6, 6.07) is 0. The second-order valence-electron chi connectivity index (χ2n) is 5.55. The van der Waals surface area contributed by atoms with E-state index >= 15 is 0 Å². The summed E-state index contributed by atoms with van der Waals surface area (Å²) in [5, 5.41) is 0. The molecular formula is C14H20N2O2. The molecule has 98 valence electrons. The molecule has 1 aliphatic heterocycles. The molecule has 0 radical (unpaired) electrons. The van der Waals surface area contributed by atoms with Crippen LogP contribution >= 0.6 is 0 Å².